The zero-order valence-corrected chi connectivity index (χ0v) is 20.2. The van der Waals surface area contributed by atoms with Gasteiger partial charge in [-0.2, -0.15) is 0 Å². The monoisotopic (exact) mass is 597 g/mol. The number of aliphatic hydroxyl groups is 1. The number of fused-ring (bicyclic) bond motifs is 4. The van der Waals surface area contributed by atoms with Crippen LogP contribution in [0.1, 0.15) is 13.8 Å². The summed E-state index contributed by atoms with van der Waals surface area (Å²) in [6.07, 6.45) is 1.17. The molecule has 4 heteroatoms. The van der Waals surface area contributed by atoms with E-state index in [1.54, 1.807) is 0 Å². The Morgan fingerprint density at radius 2 is 1.41 bits per heavy atom. The molecule has 0 saturated carbocycles. The average Bonchev–Trinajstić information content (AvgIpc) is 2.78. The zero-order valence-electron chi connectivity index (χ0n) is 17.8. The number of pyridine rings is 1. The summed E-state index contributed by atoms with van der Waals surface area (Å²) in [6, 6.07) is 32.8. The van der Waals surface area contributed by atoms with Gasteiger partial charge in [0, 0.05) is 31.6 Å². The molecule has 1 heterocycles. The van der Waals surface area contributed by atoms with Crippen LogP contribution in [-0.2, 0) is 24.9 Å². The van der Waals surface area contributed by atoms with Gasteiger partial charge in [0.1, 0.15) is 0 Å². The third-order valence-corrected chi connectivity index (χ3v) is 4.98. The maximum Gasteiger partial charge on any atom is 0.155 e. The maximum absolute atomic E-state index is 10.0. The molecule has 1 radical (unpaired) electrons. The zero-order chi connectivity index (χ0) is 21.8. The number of nitrogens with zero attached hydrogens (tertiary/aromatic N) is 1. The van der Waals surface area contributed by atoms with E-state index in [-0.39, 0.29) is 31.6 Å². The molecule has 1 aromatic heterocycles. The standard InChI is InChI=1S/C23H14N.C5H8O2.Ir/c1-2-10-17-16(8-1)9-7-14-20(17)23-21-13-4-3-11-18(21)19-12-5-6-15-22(19)24-23;1-4(6)3-5(2)7;/h1-13,15H;3,6H,1-2H3;/q-1;;. The minimum absolute atomic E-state index is 0. The SMILES string of the molecule is CC(=O)C=C(C)O.[Ir].[c-]1ccc2ccccc2c1-c1nc2ccccc2c2ccccc12. The third-order valence-electron chi connectivity index (χ3n) is 4.98. The smallest absolute Gasteiger partial charge is 0.155 e. The van der Waals surface area contributed by atoms with Gasteiger partial charge < -0.3 is 5.11 Å². The molecule has 5 aromatic rings. The Morgan fingerprint density at radius 1 is 0.812 bits per heavy atom. The van der Waals surface area contributed by atoms with Crippen molar-refractivity contribution in [3.8, 4) is 11.3 Å². The molecule has 0 saturated heterocycles. The summed E-state index contributed by atoms with van der Waals surface area (Å²) in [4.78, 5) is 15.0. The topological polar surface area (TPSA) is 50.2 Å². The number of carbonyl (C=O) groups excluding carboxylic acids is 1. The van der Waals surface area contributed by atoms with Gasteiger partial charge in [-0.3, -0.25) is 9.78 Å². The molecule has 0 aliphatic heterocycles. The molecule has 0 amide bonds. The van der Waals surface area contributed by atoms with Gasteiger partial charge in [-0.25, -0.2) is 0 Å². The Labute approximate surface area is 200 Å². The molecule has 4 aromatic carbocycles. The van der Waals surface area contributed by atoms with Crippen LogP contribution < -0.4 is 0 Å². The van der Waals surface area contributed by atoms with Crippen molar-refractivity contribution >= 4 is 38.2 Å². The number of para-hydroxylation sites is 1. The first-order valence-corrected chi connectivity index (χ1v) is 10.1. The fourth-order valence-electron chi connectivity index (χ4n) is 3.75. The van der Waals surface area contributed by atoms with Gasteiger partial charge in [-0.05, 0) is 36.4 Å². The van der Waals surface area contributed by atoms with Gasteiger partial charge >= 0.3 is 0 Å². The molecule has 0 unspecified atom stereocenters. The summed E-state index contributed by atoms with van der Waals surface area (Å²) in [5.41, 5.74) is 3.09. The molecule has 0 bridgehead atoms. The van der Waals surface area contributed by atoms with E-state index in [0.29, 0.717) is 0 Å². The first-order valence-electron chi connectivity index (χ1n) is 10.1. The summed E-state index contributed by atoms with van der Waals surface area (Å²) in [5.74, 6) is -0.0625. The van der Waals surface area contributed by atoms with Gasteiger partial charge in [-0.1, -0.05) is 72.1 Å². The number of aliphatic hydroxyl groups excluding tert-OH is 1. The molecule has 0 atom stereocenters. The normalized spacial score (nSPS) is 11.0. The molecular formula is C28H22IrNO2-. The molecule has 0 spiro atoms. The number of hydrogen-bond donors (Lipinski definition) is 1. The van der Waals surface area contributed by atoms with Crippen molar-refractivity contribution in [2.45, 2.75) is 13.8 Å². The van der Waals surface area contributed by atoms with E-state index in [0.717, 1.165) is 16.8 Å². The van der Waals surface area contributed by atoms with Crippen LogP contribution in [0.2, 0.25) is 0 Å². The minimum atomic E-state index is -0.125. The van der Waals surface area contributed by atoms with Crippen molar-refractivity contribution in [3.05, 3.63) is 103 Å². The minimum Gasteiger partial charge on any atom is -0.512 e. The number of allylic oxidation sites excluding steroid dienone is 2. The summed E-state index contributed by atoms with van der Waals surface area (Å²) >= 11 is 0. The van der Waals surface area contributed by atoms with Crippen molar-refractivity contribution in [2.24, 2.45) is 0 Å². The Kier molecular flexibility index (Phi) is 7.53. The molecule has 5 rings (SSSR count). The van der Waals surface area contributed by atoms with Crippen LogP contribution in [0.3, 0.4) is 0 Å². The molecule has 0 fully saturated rings. The molecule has 3 nitrogen and oxygen atoms in total. The Hall–Kier alpha value is -3.33. The molecular weight excluding hydrogens is 575 g/mol. The van der Waals surface area contributed by atoms with Crippen molar-refractivity contribution in [2.75, 3.05) is 0 Å². The summed E-state index contributed by atoms with van der Waals surface area (Å²) < 4.78 is 0. The number of carbonyl (C=O) groups is 1. The second-order valence-electron chi connectivity index (χ2n) is 7.36. The van der Waals surface area contributed by atoms with E-state index >= 15 is 0 Å². The first kappa shape index (κ1) is 23.3. The number of ketones is 1. The van der Waals surface area contributed by atoms with E-state index in [1.165, 1.54) is 46.9 Å². The first-order chi connectivity index (χ1) is 15.0. The fraction of sp³-hybridized carbons (Fsp3) is 0.0714. The van der Waals surface area contributed by atoms with Crippen LogP contribution in [0.5, 0.6) is 0 Å². The number of benzene rings is 4. The second-order valence-corrected chi connectivity index (χ2v) is 7.36. The summed E-state index contributed by atoms with van der Waals surface area (Å²) in [6.45, 7) is 2.85. The number of hydrogen-bond acceptors (Lipinski definition) is 3. The van der Waals surface area contributed by atoms with Crippen molar-refractivity contribution in [1.29, 1.82) is 0 Å². The van der Waals surface area contributed by atoms with Crippen molar-refractivity contribution < 1.29 is 30.0 Å². The van der Waals surface area contributed by atoms with Crippen molar-refractivity contribution in [3.63, 3.8) is 0 Å². The maximum atomic E-state index is 10.0. The van der Waals surface area contributed by atoms with Gasteiger partial charge in [0.2, 0.25) is 0 Å². The summed E-state index contributed by atoms with van der Waals surface area (Å²) in [7, 11) is 0. The predicted molar refractivity (Wildman–Crippen MR) is 128 cm³/mol. The Balaban J connectivity index is 0.000000318. The second kappa shape index (κ2) is 10.3. The molecule has 1 N–H and O–H groups in total. The van der Waals surface area contributed by atoms with Crippen LogP contribution in [0.15, 0.2) is 96.8 Å². The largest absolute Gasteiger partial charge is 0.512 e. The van der Waals surface area contributed by atoms with Crippen molar-refractivity contribution in [1.82, 2.24) is 4.98 Å². The fourth-order valence-corrected chi connectivity index (χ4v) is 3.75. The molecule has 161 valence electrons. The quantitative estimate of drug-likeness (QED) is 0.103. The van der Waals surface area contributed by atoms with Gasteiger partial charge in [0.25, 0.3) is 0 Å². The van der Waals surface area contributed by atoms with E-state index < -0.39 is 0 Å². The molecule has 0 aliphatic rings. The van der Waals surface area contributed by atoms with Crippen LogP contribution in [0.4, 0.5) is 0 Å². The van der Waals surface area contributed by atoms with Crippen LogP contribution in [-0.4, -0.2) is 15.9 Å². The van der Waals surface area contributed by atoms with Crippen LogP contribution >= 0.6 is 0 Å². The summed E-state index contributed by atoms with van der Waals surface area (Å²) in [5, 5.41) is 14.4. The molecule has 32 heavy (non-hydrogen) atoms. The van der Waals surface area contributed by atoms with Gasteiger partial charge in [-0.15, -0.1) is 29.1 Å². The Bertz CT molecular complexity index is 1430. The van der Waals surface area contributed by atoms with Crippen LogP contribution in [0, 0.1) is 6.07 Å². The number of aromatic nitrogens is 1. The average molecular weight is 597 g/mol. The molecule has 0 aliphatic carbocycles. The van der Waals surface area contributed by atoms with Gasteiger partial charge in [0.05, 0.1) is 11.3 Å². The Morgan fingerprint density at radius 3 is 2.06 bits per heavy atom. The van der Waals surface area contributed by atoms with E-state index in [1.807, 2.05) is 12.1 Å². The number of rotatable bonds is 2. The van der Waals surface area contributed by atoms with E-state index in [4.69, 9.17) is 10.1 Å². The van der Waals surface area contributed by atoms with E-state index in [2.05, 4.69) is 78.9 Å². The third kappa shape index (κ3) is 4.94. The predicted octanol–water partition coefficient (Wildman–Crippen LogP) is 7.04. The van der Waals surface area contributed by atoms with Gasteiger partial charge in [0.15, 0.2) is 5.78 Å². The van der Waals surface area contributed by atoms with Crippen LogP contribution in [0.25, 0.3) is 43.7 Å². The van der Waals surface area contributed by atoms with E-state index in [9.17, 15) is 4.79 Å².